The number of aliphatic hydroxyl groups excluding tert-OH is 1. The SMILES string of the molecule is CC(C)C(C(O)c1ccccc1)N(C)C1CC1. The van der Waals surface area contributed by atoms with Gasteiger partial charge in [0.15, 0.2) is 0 Å². The quantitative estimate of drug-likeness (QED) is 0.845. The van der Waals surface area contributed by atoms with Gasteiger partial charge in [-0.05, 0) is 31.4 Å². The number of nitrogens with zero attached hydrogens (tertiary/aromatic N) is 1. The van der Waals surface area contributed by atoms with Crippen LogP contribution in [0.2, 0.25) is 0 Å². The lowest BCUT2D eigenvalue weighted by atomic mass is 9.92. The minimum Gasteiger partial charge on any atom is -0.387 e. The molecule has 1 aromatic rings. The summed E-state index contributed by atoms with van der Waals surface area (Å²) in [7, 11) is 2.15. The van der Waals surface area contributed by atoms with E-state index in [-0.39, 0.29) is 12.1 Å². The van der Waals surface area contributed by atoms with Gasteiger partial charge in [-0.2, -0.15) is 0 Å². The number of aliphatic hydroxyl groups is 1. The van der Waals surface area contributed by atoms with Gasteiger partial charge in [-0.15, -0.1) is 0 Å². The molecule has 0 heterocycles. The van der Waals surface area contributed by atoms with Crippen molar-refractivity contribution in [1.82, 2.24) is 4.90 Å². The van der Waals surface area contributed by atoms with Gasteiger partial charge in [-0.1, -0.05) is 44.2 Å². The summed E-state index contributed by atoms with van der Waals surface area (Å²) in [5.74, 6) is 0.454. The van der Waals surface area contributed by atoms with Gasteiger partial charge in [0.2, 0.25) is 0 Å². The third-order valence-electron chi connectivity index (χ3n) is 3.74. The van der Waals surface area contributed by atoms with Crippen LogP contribution in [0, 0.1) is 5.92 Å². The summed E-state index contributed by atoms with van der Waals surface area (Å²) in [5.41, 5.74) is 1.03. The van der Waals surface area contributed by atoms with E-state index in [1.54, 1.807) is 0 Å². The molecule has 2 heteroatoms. The molecule has 94 valence electrons. The smallest absolute Gasteiger partial charge is 0.0947 e. The van der Waals surface area contributed by atoms with Crippen LogP contribution in [0.3, 0.4) is 0 Å². The fraction of sp³-hybridized carbons (Fsp3) is 0.600. The van der Waals surface area contributed by atoms with Crippen LogP contribution in [0.1, 0.15) is 38.4 Å². The van der Waals surface area contributed by atoms with E-state index in [1.807, 2.05) is 30.3 Å². The second-order valence-corrected chi connectivity index (χ2v) is 5.49. The van der Waals surface area contributed by atoms with Crippen LogP contribution in [0.25, 0.3) is 0 Å². The summed E-state index contributed by atoms with van der Waals surface area (Å²) in [4.78, 5) is 2.36. The van der Waals surface area contributed by atoms with Crippen molar-refractivity contribution >= 4 is 0 Å². The predicted molar refractivity (Wildman–Crippen MR) is 70.8 cm³/mol. The Labute approximate surface area is 104 Å². The number of benzene rings is 1. The molecular formula is C15H23NO. The van der Waals surface area contributed by atoms with E-state index >= 15 is 0 Å². The van der Waals surface area contributed by atoms with Crippen molar-refractivity contribution in [3.8, 4) is 0 Å². The van der Waals surface area contributed by atoms with Crippen molar-refractivity contribution in [2.24, 2.45) is 5.92 Å². The minimum atomic E-state index is -0.387. The van der Waals surface area contributed by atoms with E-state index in [0.717, 1.165) is 5.56 Å². The maximum Gasteiger partial charge on any atom is 0.0947 e. The van der Waals surface area contributed by atoms with Gasteiger partial charge < -0.3 is 5.11 Å². The molecule has 17 heavy (non-hydrogen) atoms. The molecule has 2 rings (SSSR count). The fourth-order valence-corrected chi connectivity index (χ4v) is 2.63. The normalized spacial score (nSPS) is 19.6. The molecule has 0 aliphatic heterocycles. The third-order valence-corrected chi connectivity index (χ3v) is 3.74. The Morgan fingerprint density at radius 3 is 2.24 bits per heavy atom. The Morgan fingerprint density at radius 2 is 1.76 bits per heavy atom. The molecule has 0 aromatic heterocycles. The van der Waals surface area contributed by atoms with Crippen molar-refractivity contribution in [3.63, 3.8) is 0 Å². The summed E-state index contributed by atoms with van der Waals surface area (Å²) < 4.78 is 0. The van der Waals surface area contributed by atoms with Crippen LogP contribution >= 0.6 is 0 Å². The summed E-state index contributed by atoms with van der Waals surface area (Å²) >= 11 is 0. The van der Waals surface area contributed by atoms with Crippen LogP contribution in [0.15, 0.2) is 30.3 Å². The highest BCUT2D eigenvalue weighted by atomic mass is 16.3. The molecule has 1 aliphatic rings. The van der Waals surface area contributed by atoms with E-state index in [1.165, 1.54) is 12.8 Å². The van der Waals surface area contributed by atoms with Crippen LogP contribution in [0.5, 0.6) is 0 Å². The van der Waals surface area contributed by atoms with Gasteiger partial charge in [0, 0.05) is 12.1 Å². The molecule has 1 fully saturated rings. The van der Waals surface area contributed by atoms with E-state index < -0.39 is 0 Å². The zero-order chi connectivity index (χ0) is 12.4. The zero-order valence-electron chi connectivity index (χ0n) is 11.0. The Bertz CT molecular complexity index is 345. The molecule has 2 atom stereocenters. The Balaban J connectivity index is 2.15. The maximum absolute atomic E-state index is 10.6. The molecule has 0 spiro atoms. The van der Waals surface area contributed by atoms with Crippen molar-refractivity contribution in [2.45, 2.75) is 44.9 Å². The molecule has 1 aliphatic carbocycles. The summed E-state index contributed by atoms with van der Waals surface area (Å²) in [6, 6.07) is 10.9. The molecule has 2 nitrogen and oxygen atoms in total. The van der Waals surface area contributed by atoms with Gasteiger partial charge >= 0.3 is 0 Å². The number of likely N-dealkylation sites (N-methyl/N-ethyl adjacent to an activating group) is 1. The van der Waals surface area contributed by atoms with Crippen molar-refractivity contribution < 1.29 is 5.11 Å². The second-order valence-electron chi connectivity index (χ2n) is 5.49. The molecule has 0 bridgehead atoms. The van der Waals surface area contributed by atoms with Crippen molar-refractivity contribution in [3.05, 3.63) is 35.9 Å². The molecule has 1 aromatic carbocycles. The Hall–Kier alpha value is -0.860. The van der Waals surface area contributed by atoms with E-state index in [4.69, 9.17) is 0 Å². The molecule has 0 saturated heterocycles. The summed E-state index contributed by atoms with van der Waals surface area (Å²) in [5, 5.41) is 10.6. The van der Waals surface area contributed by atoms with Crippen LogP contribution < -0.4 is 0 Å². The maximum atomic E-state index is 10.6. The first-order valence-electron chi connectivity index (χ1n) is 6.56. The fourth-order valence-electron chi connectivity index (χ4n) is 2.63. The first-order chi connectivity index (χ1) is 8.11. The number of hydrogen-bond acceptors (Lipinski definition) is 2. The first kappa shape index (κ1) is 12.6. The van der Waals surface area contributed by atoms with Crippen molar-refractivity contribution in [1.29, 1.82) is 0 Å². The van der Waals surface area contributed by atoms with Gasteiger partial charge in [0.05, 0.1) is 6.10 Å². The highest BCUT2D eigenvalue weighted by Crippen LogP contribution is 2.34. The van der Waals surface area contributed by atoms with E-state index in [9.17, 15) is 5.11 Å². The van der Waals surface area contributed by atoms with E-state index in [0.29, 0.717) is 12.0 Å². The molecule has 0 radical (unpaired) electrons. The van der Waals surface area contributed by atoms with Crippen molar-refractivity contribution in [2.75, 3.05) is 7.05 Å². The topological polar surface area (TPSA) is 23.5 Å². The number of hydrogen-bond donors (Lipinski definition) is 1. The summed E-state index contributed by atoms with van der Waals surface area (Å²) in [6.07, 6.45) is 2.17. The summed E-state index contributed by atoms with van der Waals surface area (Å²) in [6.45, 7) is 4.38. The zero-order valence-corrected chi connectivity index (χ0v) is 11.0. The highest BCUT2D eigenvalue weighted by molar-refractivity contribution is 5.19. The van der Waals surface area contributed by atoms with Crippen LogP contribution in [-0.4, -0.2) is 29.1 Å². The Morgan fingerprint density at radius 1 is 1.18 bits per heavy atom. The van der Waals surface area contributed by atoms with E-state index in [2.05, 4.69) is 25.8 Å². The standard InChI is InChI=1S/C15H23NO/c1-11(2)14(16(3)13-9-10-13)15(17)12-7-5-4-6-8-12/h4-8,11,13-15,17H,9-10H2,1-3H3. The average Bonchev–Trinajstić information content (AvgIpc) is 3.13. The Kier molecular flexibility index (Phi) is 3.85. The lowest BCUT2D eigenvalue weighted by molar-refractivity contribution is 0.0323. The lowest BCUT2D eigenvalue weighted by Gasteiger charge is -2.35. The van der Waals surface area contributed by atoms with Gasteiger partial charge in [-0.3, -0.25) is 4.90 Å². The molecular weight excluding hydrogens is 210 g/mol. The van der Waals surface area contributed by atoms with Crippen LogP contribution in [-0.2, 0) is 0 Å². The minimum absolute atomic E-state index is 0.213. The van der Waals surface area contributed by atoms with Gasteiger partial charge in [0.1, 0.15) is 0 Å². The molecule has 0 amide bonds. The van der Waals surface area contributed by atoms with Crippen LogP contribution in [0.4, 0.5) is 0 Å². The largest absolute Gasteiger partial charge is 0.387 e. The second kappa shape index (κ2) is 5.19. The van der Waals surface area contributed by atoms with Gasteiger partial charge in [0.25, 0.3) is 0 Å². The lowest BCUT2D eigenvalue weighted by Crippen LogP contribution is -2.42. The molecule has 2 unspecified atom stereocenters. The monoisotopic (exact) mass is 233 g/mol. The van der Waals surface area contributed by atoms with Gasteiger partial charge in [-0.25, -0.2) is 0 Å². The molecule has 1 N–H and O–H groups in total. The molecule has 1 saturated carbocycles. The predicted octanol–water partition coefficient (Wildman–Crippen LogP) is 2.84. The number of rotatable bonds is 5. The highest BCUT2D eigenvalue weighted by Gasteiger charge is 2.36. The average molecular weight is 233 g/mol. The first-order valence-corrected chi connectivity index (χ1v) is 6.56. The third kappa shape index (κ3) is 2.88.